The predicted octanol–water partition coefficient (Wildman–Crippen LogP) is 0.169. The Labute approximate surface area is 99.3 Å². The van der Waals surface area contributed by atoms with Gasteiger partial charge >= 0.3 is 0 Å². The van der Waals surface area contributed by atoms with Gasteiger partial charge in [0.05, 0.1) is 17.0 Å². The molecule has 0 aromatic heterocycles. The highest BCUT2D eigenvalue weighted by Gasteiger charge is 2.33. The van der Waals surface area contributed by atoms with E-state index in [1.54, 1.807) is 11.0 Å². The van der Waals surface area contributed by atoms with Crippen LogP contribution in [0.15, 0.2) is 17.0 Å². The summed E-state index contributed by atoms with van der Waals surface area (Å²) in [6.45, 7) is 0.730. The van der Waals surface area contributed by atoms with Crippen LogP contribution in [0.4, 0.5) is 5.69 Å². The van der Waals surface area contributed by atoms with Gasteiger partial charge in [-0.1, -0.05) is 0 Å². The molecule has 0 fully saturated rings. The summed E-state index contributed by atoms with van der Waals surface area (Å²) in [5, 5.41) is 5.14. The summed E-state index contributed by atoms with van der Waals surface area (Å²) < 4.78 is 22.7. The van der Waals surface area contributed by atoms with E-state index in [0.29, 0.717) is 0 Å². The highest BCUT2D eigenvalue weighted by molar-refractivity contribution is 7.89. The van der Waals surface area contributed by atoms with Crippen molar-refractivity contribution in [3.8, 4) is 0 Å². The van der Waals surface area contributed by atoms with Gasteiger partial charge in [-0.15, -0.1) is 0 Å². The standard InChI is InChI=1S/C11H12N2O3S/c12-17(15,16)9-4-7-2-1-3-13-10(14)6-8(5-9)11(7)13/h4-5H,1-3,6H2,(H2,12,15,16). The lowest BCUT2D eigenvalue weighted by molar-refractivity contribution is -0.117. The molecule has 0 spiro atoms. The SMILES string of the molecule is NS(=O)(=O)c1cc2c3c(c1)CC(=O)N3CCC2. The Kier molecular flexibility index (Phi) is 2.08. The molecule has 90 valence electrons. The van der Waals surface area contributed by atoms with Gasteiger partial charge in [-0.2, -0.15) is 0 Å². The molecule has 1 aromatic rings. The van der Waals surface area contributed by atoms with E-state index in [4.69, 9.17) is 5.14 Å². The first-order valence-electron chi connectivity index (χ1n) is 5.46. The lowest BCUT2D eigenvalue weighted by Crippen LogP contribution is -2.31. The number of anilines is 1. The van der Waals surface area contributed by atoms with Crippen LogP contribution in [-0.2, 0) is 27.7 Å². The summed E-state index contributed by atoms with van der Waals surface area (Å²) >= 11 is 0. The van der Waals surface area contributed by atoms with Crippen molar-refractivity contribution < 1.29 is 13.2 Å². The number of amides is 1. The second-order valence-electron chi connectivity index (χ2n) is 4.46. The van der Waals surface area contributed by atoms with E-state index in [1.165, 1.54) is 6.07 Å². The Bertz CT molecular complexity index is 622. The number of rotatable bonds is 1. The molecule has 0 aliphatic carbocycles. The molecule has 0 bridgehead atoms. The van der Waals surface area contributed by atoms with E-state index >= 15 is 0 Å². The highest BCUT2D eigenvalue weighted by atomic mass is 32.2. The van der Waals surface area contributed by atoms with Crippen molar-refractivity contribution >= 4 is 21.6 Å². The fourth-order valence-electron chi connectivity index (χ4n) is 2.61. The number of sulfonamides is 1. The fourth-order valence-corrected chi connectivity index (χ4v) is 3.22. The minimum absolute atomic E-state index is 0.0486. The summed E-state index contributed by atoms with van der Waals surface area (Å²) in [5.41, 5.74) is 2.62. The van der Waals surface area contributed by atoms with Gasteiger partial charge < -0.3 is 4.90 Å². The summed E-state index contributed by atoms with van der Waals surface area (Å²) in [6.07, 6.45) is 1.95. The second kappa shape index (κ2) is 3.30. The van der Waals surface area contributed by atoms with Crippen LogP contribution in [0.5, 0.6) is 0 Å². The van der Waals surface area contributed by atoms with E-state index in [9.17, 15) is 13.2 Å². The number of hydrogen-bond acceptors (Lipinski definition) is 3. The number of primary sulfonamides is 1. The van der Waals surface area contributed by atoms with Crippen LogP contribution in [0.25, 0.3) is 0 Å². The zero-order chi connectivity index (χ0) is 12.2. The summed E-state index contributed by atoms with van der Waals surface area (Å²) in [4.78, 5) is 13.6. The normalized spacial score (nSPS) is 18.4. The third kappa shape index (κ3) is 1.56. The van der Waals surface area contributed by atoms with E-state index in [-0.39, 0.29) is 17.2 Å². The molecule has 0 unspecified atom stereocenters. The van der Waals surface area contributed by atoms with Crippen molar-refractivity contribution in [2.75, 3.05) is 11.4 Å². The van der Waals surface area contributed by atoms with Crippen molar-refractivity contribution in [1.82, 2.24) is 0 Å². The molecule has 0 saturated carbocycles. The molecule has 1 amide bonds. The van der Waals surface area contributed by atoms with Crippen LogP contribution < -0.4 is 10.0 Å². The van der Waals surface area contributed by atoms with E-state index in [1.807, 2.05) is 0 Å². The first-order valence-corrected chi connectivity index (χ1v) is 7.00. The lowest BCUT2D eigenvalue weighted by atomic mass is 10.0. The number of nitrogens with two attached hydrogens (primary N) is 1. The van der Waals surface area contributed by atoms with Crippen LogP contribution >= 0.6 is 0 Å². The number of carbonyl (C=O) groups is 1. The molecule has 6 heteroatoms. The molecule has 2 aliphatic heterocycles. The summed E-state index contributed by atoms with van der Waals surface area (Å²) in [6, 6.07) is 3.12. The molecule has 3 rings (SSSR count). The Hall–Kier alpha value is -1.40. The molecule has 0 atom stereocenters. The molecular weight excluding hydrogens is 240 g/mol. The van der Waals surface area contributed by atoms with Gasteiger partial charge in [0.2, 0.25) is 15.9 Å². The maximum absolute atomic E-state index is 11.8. The average molecular weight is 252 g/mol. The maximum Gasteiger partial charge on any atom is 0.238 e. The Morgan fingerprint density at radius 2 is 1.94 bits per heavy atom. The van der Waals surface area contributed by atoms with Crippen molar-refractivity contribution in [2.45, 2.75) is 24.2 Å². The van der Waals surface area contributed by atoms with Crippen LogP contribution in [0.2, 0.25) is 0 Å². The van der Waals surface area contributed by atoms with E-state index in [2.05, 4.69) is 0 Å². The van der Waals surface area contributed by atoms with Crippen molar-refractivity contribution in [3.63, 3.8) is 0 Å². The first-order chi connectivity index (χ1) is 7.97. The number of hydrogen-bond donors (Lipinski definition) is 1. The van der Waals surface area contributed by atoms with Gasteiger partial charge in [0.25, 0.3) is 0 Å². The quantitative estimate of drug-likeness (QED) is 0.773. The second-order valence-corrected chi connectivity index (χ2v) is 6.02. The maximum atomic E-state index is 11.8. The smallest absolute Gasteiger partial charge is 0.238 e. The Balaban J connectivity index is 2.25. The minimum Gasteiger partial charge on any atom is -0.312 e. The Morgan fingerprint density at radius 3 is 2.65 bits per heavy atom. The van der Waals surface area contributed by atoms with Gasteiger partial charge in [-0.05, 0) is 36.1 Å². The monoisotopic (exact) mass is 252 g/mol. The molecule has 2 heterocycles. The number of benzene rings is 1. The van der Waals surface area contributed by atoms with Crippen molar-refractivity contribution in [3.05, 3.63) is 23.3 Å². The lowest BCUT2D eigenvalue weighted by Gasteiger charge is -2.25. The van der Waals surface area contributed by atoms with Gasteiger partial charge in [-0.3, -0.25) is 4.79 Å². The van der Waals surface area contributed by atoms with Crippen LogP contribution in [0.3, 0.4) is 0 Å². The Morgan fingerprint density at radius 1 is 1.24 bits per heavy atom. The predicted molar refractivity (Wildman–Crippen MR) is 62.2 cm³/mol. The highest BCUT2D eigenvalue weighted by Crippen LogP contribution is 2.38. The number of aryl methyl sites for hydroxylation is 1. The van der Waals surface area contributed by atoms with Crippen LogP contribution in [0.1, 0.15) is 17.5 Å². The fraction of sp³-hybridized carbons (Fsp3) is 0.364. The third-order valence-corrected chi connectivity index (χ3v) is 4.20. The van der Waals surface area contributed by atoms with E-state index < -0.39 is 10.0 Å². The van der Waals surface area contributed by atoms with Gasteiger partial charge in [-0.25, -0.2) is 13.6 Å². The molecule has 2 N–H and O–H groups in total. The molecule has 5 nitrogen and oxygen atoms in total. The van der Waals surface area contributed by atoms with E-state index in [0.717, 1.165) is 36.2 Å². The number of nitrogens with zero attached hydrogens (tertiary/aromatic N) is 1. The van der Waals surface area contributed by atoms with Crippen molar-refractivity contribution in [1.29, 1.82) is 0 Å². The third-order valence-electron chi connectivity index (χ3n) is 3.31. The molecule has 17 heavy (non-hydrogen) atoms. The van der Waals surface area contributed by atoms with Gasteiger partial charge in [0, 0.05) is 6.54 Å². The number of carbonyl (C=O) groups excluding carboxylic acids is 1. The average Bonchev–Trinajstić information content (AvgIpc) is 2.56. The van der Waals surface area contributed by atoms with Gasteiger partial charge in [0.1, 0.15) is 0 Å². The van der Waals surface area contributed by atoms with Crippen molar-refractivity contribution in [2.24, 2.45) is 5.14 Å². The van der Waals surface area contributed by atoms with Crippen LogP contribution in [-0.4, -0.2) is 20.9 Å². The molecule has 2 aliphatic rings. The zero-order valence-electron chi connectivity index (χ0n) is 9.14. The zero-order valence-corrected chi connectivity index (χ0v) is 9.96. The molecule has 0 radical (unpaired) electrons. The topological polar surface area (TPSA) is 80.5 Å². The summed E-state index contributed by atoms with van der Waals surface area (Å²) in [5.74, 6) is 0.0486. The van der Waals surface area contributed by atoms with Crippen LogP contribution in [0, 0.1) is 0 Å². The minimum atomic E-state index is -3.70. The molecule has 0 saturated heterocycles. The van der Waals surface area contributed by atoms with Gasteiger partial charge in [0.15, 0.2) is 0 Å². The molecular formula is C11H12N2O3S. The molecule has 1 aromatic carbocycles. The summed E-state index contributed by atoms with van der Waals surface area (Å²) in [7, 11) is -3.70. The first kappa shape index (κ1) is 10.7. The largest absolute Gasteiger partial charge is 0.312 e.